The van der Waals surface area contributed by atoms with Crippen LogP contribution < -0.4 is 10.6 Å². The van der Waals surface area contributed by atoms with Gasteiger partial charge in [-0.3, -0.25) is 9.78 Å². The minimum Gasteiger partial charge on any atom is -0.369 e. The van der Waals surface area contributed by atoms with E-state index in [0.29, 0.717) is 29.3 Å². The number of carbonyl (C=O) groups is 1. The average molecular weight is 466 g/mol. The number of nitrogens with zero attached hydrogens (tertiary/aromatic N) is 5. The van der Waals surface area contributed by atoms with Gasteiger partial charge in [0.2, 0.25) is 0 Å². The van der Waals surface area contributed by atoms with E-state index in [0.717, 1.165) is 34.0 Å². The van der Waals surface area contributed by atoms with Crippen molar-refractivity contribution in [2.45, 2.75) is 32.6 Å². The Labute approximate surface area is 204 Å². The molecule has 0 saturated heterocycles. The quantitative estimate of drug-likeness (QED) is 0.415. The van der Waals surface area contributed by atoms with E-state index in [1.165, 1.54) is 0 Å². The maximum Gasteiger partial charge on any atom is 0.251 e. The second-order valence-corrected chi connectivity index (χ2v) is 8.65. The van der Waals surface area contributed by atoms with E-state index in [4.69, 9.17) is 0 Å². The van der Waals surface area contributed by atoms with Gasteiger partial charge in [-0.25, -0.2) is 15.0 Å². The first-order valence-corrected chi connectivity index (χ1v) is 11.4. The van der Waals surface area contributed by atoms with Gasteiger partial charge in [-0.1, -0.05) is 32.0 Å². The number of fused-ring (bicyclic) bond motifs is 1. The fourth-order valence-electron chi connectivity index (χ4n) is 4.10. The lowest BCUT2D eigenvalue weighted by Crippen LogP contribution is -2.31. The lowest BCUT2D eigenvalue weighted by atomic mass is 9.78. The van der Waals surface area contributed by atoms with Crippen LogP contribution in [-0.2, 0) is 5.41 Å². The van der Waals surface area contributed by atoms with E-state index < -0.39 is 0 Å². The third-order valence-electron chi connectivity index (χ3n) is 6.45. The highest BCUT2D eigenvalue weighted by molar-refractivity contribution is 6.06. The highest BCUT2D eigenvalue weighted by Crippen LogP contribution is 2.34. The van der Waals surface area contributed by atoms with Crippen molar-refractivity contribution in [3.63, 3.8) is 0 Å². The molecule has 8 nitrogen and oxygen atoms in total. The van der Waals surface area contributed by atoms with E-state index >= 15 is 0 Å². The number of anilines is 1. The molecule has 8 heteroatoms. The fourth-order valence-corrected chi connectivity index (χ4v) is 4.10. The fraction of sp³-hybridized carbons (Fsp3) is 0.259. The molecule has 0 radical (unpaired) electrons. The Morgan fingerprint density at radius 2 is 1.89 bits per heavy atom. The molecule has 3 heterocycles. The van der Waals surface area contributed by atoms with Crippen LogP contribution in [0.5, 0.6) is 0 Å². The predicted molar refractivity (Wildman–Crippen MR) is 136 cm³/mol. The van der Waals surface area contributed by atoms with Crippen molar-refractivity contribution in [2.75, 3.05) is 18.9 Å². The van der Waals surface area contributed by atoms with Crippen molar-refractivity contribution in [1.82, 2.24) is 25.3 Å². The minimum absolute atomic E-state index is 0.139. The number of benzene rings is 1. The Hall–Kier alpha value is -4.38. The molecule has 0 fully saturated rings. The standard InChI is InChI=1S/C27H27N7O/c1-5-27(3,23-8-6-7-20-21(26(35)29-4)9-10-30-25(20)23)16-34-24-11-22(18(12-28)13-33-24)19-14-31-17(2)32-15-19/h6-11,13-15H,5,16H2,1-4H3,(H,29,35)(H,33,34)/t27-/m0/s1. The molecule has 0 spiro atoms. The molecule has 0 aliphatic rings. The van der Waals surface area contributed by atoms with Crippen LogP contribution in [0.2, 0.25) is 0 Å². The lowest BCUT2D eigenvalue weighted by Gasteiger charge is -2.30. The van der Waals surface area contributed by atoms with Gasteiger partial charge in [-0.05, 0) is 31.0 Å². The van der Waals surface area contributed by atoms with Gasteiger partial charge in [-0.15, -0.1) is 0 Å². The zero-order valence-corrected chi connectivity index (χ0v) is 20.3. The van der Waals surface area contributed by atoms with E-state index in [-0.39, 0.29) is 11.3 Å². The van der Waals surface area contributed by atoms with Gasteiger partial charge < -0.3 is 10.6 Å². The van der Waals surface area contributed by atoms with Crippen LogP contribution in [0.4, 0.5) is 5.82 Å². The smallest absolute Gasteiger partial charge is 0.251 e. The van der Waals surface area contributed by atoms with E-state index in [1.54, 1.807) is 37.9 Å². The van der Waals surface area contributed by atoms with Gasteiger partial charge in [0, 0.05) is 60.3 Å². The van der Waals surface area contributed by atoms with Crippen LogP contribution in [0.15, 0.2) is 55.1 Å². The summed E-state index contributed by atoms with van der Waals surface area (Å²) in [5, 5.41) is 16.5. The molecule has 0 aliphatic heterocycles. The molecule has 4 aromatic rings. The molecule has 0 saturated carbocycles. The molecule has 3 aromatic heterocycles. The zero-order valence-electron chi connectivity index (χ0n) is 20.3. The number of nitrogens with one attached hydrogen (secondary N) is 2. The SMILES string of the molecule is CC[C@@](C)(CNc1cc(-c2cnc(C)nc2)c(C#N)cn1)c1cccc2c(C(=O)NC)ccnc12. The van der Waals surface area contributed by atoms with Crippen LogP contribution in [0.25, 0.3) is 22.0 Å². The van der Waals surface area contributed by atoms with Gasteiger partial charge in [-0.2, -0.15) is 5.26 Å². The number of aromatic nitrogens is 4. The summed E-state index contributed by atoms with van der Waals surface area (Å²) >= 11 is 0. The van der Waals surface area contributed by atoms with Crippen molar-refractivity contribution in [1.29, 1.82) is 5.26 Å². The van der Waals surface area contributed by atoms with Gasteiger partial charge in [0.25, 0.3) is 5.91 Å². The number of aryl methyl sites for hydroxylation is 1. The van der Waals surface area contributed by atoms with Crippen LogP contribution in [0, 0.1) is 18.3 Å². The van der Waals surface area contributed by atoms with Gasteiger partial charge >= 0.3 is 0 Å². The van der Waals surface area contributed by atoms with Crippen LogP contribution in [-0.4, -0.2) is 39.4 Å². The summed E-state index contributed by atoms with van der Waals surface area (Å²) in [5.74, 6) is 1.18. The molecule has 0 bridgehead atoms. The van der Waals surface area contributed by atoms with Crippen molar-refractivity contribution in [3.05, 3.63) is 77.6 Å². The minimum atomic E-state index is -0.295. The van der Waals surface area contributed by atoms with Crippen molar-refractivity contribution >= 4 is 22.6 Å². The lowest BCUT2D eigenvalue weighted by molar-refractivity contribution is 0.0964. The third kappa shape index (κ3) is 4.66. The maximum absolute atomic E-state index is 12.4. The van der Waals surface area contributed by atoms with Crippen LogP contribution >= 0.6 is 0 Å². The summed E-state index contributed by atoms with van der Waals surface area (Å²) in [6.07, 6.45) is 7.50. The second-order valence-electron chi connectivity index (χ2n) is 8.65. The molecule has 2 N–H and O–H groups in total. The first kappa shape index (κ1) is 23.8. The molecule has 1 atom stereocenters. The Kier molecular flexibility index (Phi) is 6.69. The number of rotatable bonds is 7. The maximum atomic E-state index is 12.4. The molecule has 0 unspecified atom stereocenters. The van der Waals surface area contributed by atoms with Crippen molar-refractivity contribution < 1.29 is 4.79 Å². The summed E-state index contributed by atoms with van der Waals surface area (Å²) in [7, 11) is 1.63. The summed E-state index contributed by atoms with van der Waals surface area (Å²) in [6, 6.07) is 11.8. The van der Waals surface area contributed by atoms with Gasteiger partial charge in [0.05, 0.1) is 16.6 Å². The molecule has 1 amide bonds. The number of para-hydroxylation sites is 1. The van der Waals surface area contributed by atoms with Crippen molar-refractivity contribution in [3.8, 4) is 17.2 Å². The summed E-state index contributed by atoms with van der Waals surface area (Å²) in [4.78, 5) is 30.0. The molecule has 176 valence electrons. The number of hydrogen-bond acceptors (Lipinski definition) is 7. The van der Waals surface area contributed by atoms with Gasteiger partial charge in [0.15, 0.2) is 0 Å². The van der Waals surface area contributed by atoms with Crippen molar-refractivity contribution in [2.24, 2.45) is 0 Å². The average Bonchev–Trinajstić information content (AvgIpc) is 2.90. The normalized spacial score (nSPS) is 12.5. The summed E-state index contributed by atoms with van der Waals surface area (Å²) in [5.41, 5.74) is 4.12. The highest BCUT2D eigenvalue weighted by Gasteiger charge is 2.28. The van der Waals surface area contributed by atoms with Gasteiger partial charge in [0.1, 0.15) is 17.7 Å². The number of pyridine rings is 2. The zero-order chi connectivity index (χ0) is 25.0. The predicted octanol–water partition coefficient (Wildman–Crippen LogP) is 4.41. The molecule has 1 aromatic carbocycles. The van der Waals surface area contributed by atoms with E-state index in [2.05, 4.69) is 56.6 Å². The number of amides is 1. The van der Waals surface area contributed by atoms with E-state index in [1.807, 2.05) is 25.1 Å². The molecular formula is C27H27N7O. The Morgan fingerprint density at radius 1 is 1.11 bits per heavy atom. The summed E-state index contributed by atoms with van der Waals surface area (Å²) < 4.78 is 0. The molecule has 4 rings (SSSR count). The molecule has 35 heavy (non-hydrogen) atoms. The third-order valence-corrected chi connectivity index (χ3v) is 6.45. The highest BCUT2D eigenvalue weighted by atomic mass is 16.1. The first-order chi connectivity index (χ1) is 16.9. The number of nitriles is 1. The Morgan fingerprint density at radius 3 is 2.57 bits per heavy atom. The first-order valence-electron chi connectivity index (χ1n) is 11.4. The largest absolute Gasteiger partial charge is 0.369 e. The van der Waals surface area contributed by atoms with E-state index in [9.17, 15) is 10.1 Å². The Balaban J connectivity index is 1.68. The topological polar surface area (TPSA) is 116 Å². The van der Waals surface area contributed by atoms with Crippen LogP contribution in [0.3, 0.4) is 0 Å². The monoisotopic (exact) mass is 465 g/mol. The summed E-state index contributed by atoms with van der Waals surface area (Å²) in [6.45, 7) is 6.70. The second kappa shape index (κ2) is 9.85. The Bertz CT molecular complexity index is 1430. The number of hydrogen-bond donors (Lipinski definition) is 2. The molecule has 0 aliphatic carbocycles. The molecular weight excluding hydrogens is 438 g/mol. The number of carbonyl (C=O) groups excluding carboxylic acids is 1. The van der Waals surface area contributed by atoms with Crippen LogP contribution in [0.1, 0.15) is 47.6 Å².